The van der Waals surface area contributed by atoms with Crippen LogP contribution in [-0.2, 0) is 4.74 Å². The summed E-state index contributed by atoms with van der Waals surface area (Å²) in [6, 6.07) is 0. The van der Waals surface area contributed by atoms with Gasteiger partial charge in [-0.1, -0.05) is 0 Å². The number of nitrogen functional groups attached to an aromatic ring is 1. The molecule has 1 unspecified atom stereocenters. The normalized spacial score (nSPS) is 18.6. The van der Waals surface area contributed by atoms with E-state index in [0.29, 0.717) is 23.6 Å². The SMILES string of the molecule is CCOC(=O)N1CCCC(c2nc(Br)c3c(N)nccn23)C1. The Morgan fingerprint density at radius 3 is 3.18 bits per heavy atom. The molecule has 7 nitrogen and oxygen atoms in total. The highest BCUT2D eigenvalue weighted by atomic mass is 79.9. The van der Waals surface area contributed by atoms with E-state index in [1.165, 1.54) is 0 Å². The molecule has 2 aromatic rings. The summed E-state index contributed by atoms with van der Waals surface area (Å²) in [5.74, 6) is 1.48. The minimum Gasteiger partial charge on any atom is -0.450 e. The Bertz CT molecular complexity index is 702. The fraction of sp³-hybridized carbons (Fsp3) is 0.500. The number of aromatic nitrogens is 3. The Balaban J connectivity index is 1.91. The number of ether oxygens (including phenoxy) is 1. The van der Waals surface area contributed by atoms with Crippen LogP contribution < -0.4 is 5.73 Å². The first-order chi connectivity index (χ1) is 10.6. The molecule has 1 aliphatic rings. The van der Waals surface area contributed by atoms with E-state index >= 15 is 0 Å². The smallest absolute Gasteiger partial charge is 0.409 e. The summed E-state index contributed by atoms with van der Waals surface area (Å²) < 4.78 is 7.73. The Morgan fingerprint density at radius 2 is 2.41 bits per heavy atom. The number of amides is 1. The fourth-order valence-corrected chi connectivity index (χ4v) is 3.48. The number of nitrogens with two attached hydrogens (primary N) is 1. The zero-order chi connectivity index (χ0) is 15.7. The maximum absolute atomic E-state index is 11.9. The van der Waals surface area contributed by atoms with Crippen LogP contribution in [0.15, 0.2) is 17.0 Å². The van der Waals surface area contributed by atoms with Gasteiger partial charge in [-0.15, -0.1) is 0 Å². The van der Waals surface area contributed by atoms with Crippen molar-refractivity contribution in [1.29, 1.82) is 0 Å². The van der Waals surface area contributed by atoms with Gasteiger partial charge in [0.1, 0.15) is 15.9 Å². The molecule has 1 fully saturated rings. The molecule has 2 N–H and O–H groups in total. The number of hydrogen-bond acceptors (Lipinski definition) is 5. The van der Waals surface area contributed by atoms with E-state index < -0.39 is 0 Å². The molecular weight excluding hydrogens is 350 g/mol. The first kappa shape index (κ1) is 15.1. The molecule has 1 aliphatic heterocycles. The van der Waals surface area contributed by atoms with Crippen LogP contribution in [0, 0.1) is 0 Å². The van der Waals surface area contributed by atoms with E-state index in [1.807, 2.05) is 17.5 Å². The molecule has 8 heteroatoms. The summed E-state index contributed by atoms with van der Waals surface area (Å²) in [5.41, 5.74) is 6.70. The summed E-state index contributed by atoms with van der Waals surface area (Å²) in [4.78, 5) is 22.4. The van der Waals surface area contributed by atoms with Crippen molar-refractivity contribution in [3.8, 4) is 0 Å². The van der Waals surface area contributed by atoms with Crippen molar-refractivity contribution in [2.24, 2.45) is 0 Å². The lowest BCUT2D eigenvalue weighted by molar-refractivity contribution is 0.0951. The number of hydrogen-bond donors (Lipinski definition) is 1. The molecule has 3 heterocycles. The van der Waals surface area contributed by atoms with Crippen molar-refractivity contribution in [1.82, 2.24) is 19.3 Å². The lowest BCUT2D eigenvalue weighted by Gasteiger charge is -2.31. The number of imidazole rings is 1. The second-order valence-electron chi connectivity index (χ2n) is 5.28. The van der Waals surface area contributed by atoms with Crippen LogP contribution in [0.1, 0.15) is 31.5 Å². The molecule has 1 saturated heterocycles. The first-order valence-corrected chi connectivity index (χ1v) is 8.10. The number of likely N-dealkylation sites (tertiary alicyclic amines) is 1. The average Bonchev–Trinajstić information content (AvgIpc) is 2.86. The van der Waals surface area contributed by atoms with Crippen LogP contribution in [0.5, 0.6) is 0 Å². The quantitative estimate of drug-likeness (QED) is 0.880. The third kappa shape index (κ3) is 2.63. The number of rotatable bonds is 2. The molecular formula is C14H18BrN5O2. The number of piperidine rings is 1. The lowest BCUT2D eigenvalue weighted by atomic mass is 9.97. The van der Waals surface area contributed by atoms with Gasteiger partial charge < -0.3 is 15.4 Å². The van der Waals surface area contributed by atoms with Gasteiger partial charge in [0.05, 0.1) is 6.61 Å². The van der Waals surface area contributed by atoms with E-state index in [1.54, 1.807) is 11.1 Å². The van der Waals surface area contributed by atoms with E-state index in [-0.39, 0.29) is 12.0 Å². The number of fused-ring (bicyclic) bond motifs is 1. The van der Waals surface area contributed by atoms with Gasteiger partial charge in [0.25, 0.3) is 0 Å². The van der Waals surface area contributed by atoms with Crippen LogP contribution in [0.2, 0.25) is 0 Å². The minimum absolute atomic E-state index is 0.152. The Kier molecular flexibility index (Phi) is 4.19. The van der Waals surface area contributed by atoms with Gasteiger partial charge in [-0.25, -0.2) is 14.8 Å². The van der Waals surface area contributed by atoms with Gasteiger partial charge in [-0.2, -0.15) is 0 Å². The second-order valence-corrected chi connectivity index (χ2v) is 6.03. The predicted molar refractivity (Wildman–Crippen MR) is 85.7 cm³/mol. The van der Waals surface area contributed by atoms with Crippen molar-refractivity contribution in [2.45, 2.75) is 25.7 Å². The molecule has 0 saturated carbocycles. The highest BCUT2D eigenvalue weighted by Crippen LogP contribution is 2.31. The Hall–Kier alpha value is -1.83. The molecule has 3 rings (SSSR count). The fourth-order valence-electron chi connectivity index (χ4n) is 2.90. The highest BCUT2D eigenvalue weighted by molar-refractivity contribution is 9.10. The molecule has 0 spiro atoms. The molecule has 0 aliphatic carbocycles. The number of carbonyl (C=O) groups is 1. The van der Waals surface area contributed by atoms with Crippen LogP contribution in [0.3, 0.4) is 0 Å². The molecule has 0 radical (unpaired) electrons. The Morgan fingerprint density at radius 1 is 1.59 bits per heavy atom. The third-order valence-electron chi connectivity index (χ3n) is 3.88. The van der Waals surface area contributed by atoms with E-state index in [2.05, 4.69) is 25.9 Å². The summed E-state index contributed by atoms with van der Waals surface area (Å²) in [7, 11) is 0. The van der Waals surface area contributed by atoms with Gasteiger partial charge in [-0.3, -0.25) is 4.40 Å². The van der Waals surface area contributed by atoms with Gasteiger partial charge in [-0.05, 0) is 35.7 Å². The number of anilines is 1. The second kappa shape index (κ2) is 6.12. The minimum atomic E-state index is -0.256. The maximum atomic E-state index is 11.9. The average molecular weight is 368 g/mol. The summed E-state index contributed by atoms with van der Waals surface area (Å²) in [6.45, 7) is 3.53. The van der Waals surface area contributed by atoms with Crippen LogP contribution in [-0.4, -0.2) is 45.1 Å². The van der Waals surface area contributed by atoms with Crippen molar-refractivity contribution in [3.63, 3.8) is 0 Å². The van der Waals surface area contributed by atoms with Crippen molar-refractivity contribution >= 4 is 33.4 Å². The standard InChI is InChI=1S/C14H18BrN5O2/c1-2-22-14(21)19-6-3-4-9(8-19)13-18-11(15)10-12(16)17-5-7-20(10)13/h5,7,9H,2-4,6,8H2,1H3,(H2,16,17). The lowest BCUT2D eigenvalue weighted by Crippen LogP contribution is -2.39. The molecule has 118 valence electrons. The van der Waals surface area contributed by atoms with Crippen molar-refractivity contribution < 1.29 is 9.53 Å². The third-order valence-corrected chi connectivity index (χ3v) is 4.43. The van der Waals surface area contributed by atoms with E-state index in [0.717, 1.165) is 30.7 Å². The van der Waals surface area contributed by atoms with Gasteiger partial charge in [0, 0.05) is 31.4 Å². The topological polar surface area (TPSA) is 85.8 Å². The Labute approximate surface area is 136 Å². The first-order valence-electron chi connectivity index (χ1n) is 7.31. The van der Waals surface area contributed by atoms with E-state index in [9.17, 15) is 4.79 Å². The number of nitrogens with zero attached hydrogens (tertiary/aromatic N) is 4. The molecule has 0 bridgehead atoms. The largest absolute Gasteiger partial charge is 0.450 e. The monoisotopic (exact) mass is 367 g/mol. The van der Waals surface area contributed by atoms with Crippen LogP contribution in [0.4, 0.5) is 10.6 Å². The maximum Gasteiger partial charge on any atom is 0.409 e. The molecule has 0 aromatic carbocycles. The summed E-state index contributed by atoms with van der Waals surface area (Å²) >= 11 is 3.45. The van der Waals surface area contributed by atoms with Crippen LogP contribution in [0.25, 0.3) is 5.52 Å². The van der Waals surface area contributed by atoms with Gasteiger partial charge >= 0.3 is 6.09 Å². The highest BCUT2D eigenvalue weighted by Gasteiger charge is 2.29. The summed E-state index contributed by atoms with van der Waals surface area (Å²) in [5, 5.41) is 0. The van der Waals surface area contributed by atoms with Crippen molar-refractivity contribution in [2.75, 3.05) is 25.4 Å². The summed E-state index contributed by atoms with van der Waals surface area (Å²) in [6.07, 6.45) is 5.15. The predicted octanol–water partition coefficient (Wildman–Crippen LogP) is 2.41. The van der Waals surface area contributed by atoms with Crippen molar-refractivity contribution in [3.05, 3.63) is 22.8 Å². The zero-order valence-corrected chi connectivity index (χ0v) is 13.9. The van der Waals surface area contributed by atoms with Gasteiger partial charge in [0.15, 0.2) is 5.82 Å². The molecule has 22 heavy (non-hydrogen) atoms. The van der Waals surface area contributed by atoms with Gasteiger partial charge in [0.2, 0.25) is 0 Å². The number of carbonyl (C=O) groups excluding carboxylic acids is 1. The molecule has 1 amide bonds. The zero-order valence-electron chi connectivity index (χ0n) is 12.3. The molecule has 1 atom stereocenters. The molecule has 2 aromatic heterocycles. The van der Waals surface area contributed by atoms with E-state index in [4.69, 9.17) is 10.5 Å². The number of halogens is 1. The van der Waals surface area contributed by atoms with Crippen LogP contribution >= 0.6 is 15.9 Å².